The second-order valence-corrected chi connectivity index (χ2v) is 7.80. The van der Waals surface area contributed by atoms with Crippen molar-refractivity contribution in [3.63, 3.8) is 0 Å². The summed E-state index contributed by atoms with van der Waals surface area (Å²) >= 11 is 7.44. The van der Waals surface area contributed by atoms with Crippen LogP contribution in [-0.4, -0.2) is 11.2 Å². The van der Waals surface area contributed by atoms with E-state index in [2.05, 4.69) is 0 Å². The van der Waals surface area contributed by atoms with Gasteiger partial charge in [-0.2, -0.15) is 0 Å². The van der Waals surface area contributed by atoms with Crippen molar-refractivity contribution in [2.45, 2.75) is 41.4 Å². The maximum Gasteiger partial charge on any atom is 0.128 e. The van der Waals surface area contributed by atoms with Crippen molar-refractivity contribution >= 4 is 23.4 Å². The topological polar surface area (TPSA) is 20.2 Å². The minimum Gasteiger partial charge on any atom is -0.393 e. The summed E-state index contributed by atoms with van der Waals surface area (Å²) < 4.78 is 27.5. The molecule has 1 saturated carbocycles. The molecule has 23 heavy (non-hydrogen) atoms. The van der Waals surface area contributed by atoms with Gasteiger partial charge in [-0.15, -0.1) is 11.8 Å². The monoisotopic (exact) mass is 354 g/mol. The van der Waals surface area contributed by atoms with Crippen molar-refractivity contribution in [2.75, 3.05) is 0 Å². The van der Waals surface area contributed by atoms with Crippen LogP contribution in [0.4, 0.5) is 8.78 Å². The fourth-order valence-electron chi connectivity index (χ4n) is 3.07. The highest BCUT2D eigenvalue weighted by Crippen LogP contribution is 2.52. The maximum atomic E-state index is 14.4. The van der Waals surface area contributed by atoms with Gasteiger partial charge in [-0.25, -0.2) is 8.78 Å². The van der Waals surface area contributed by atoms with E-state index in [0.29, 0.717) is 36.3 Å². The van der Waals surface area contributed by atoms with Crippen molar-refractivity contribution in [1.29, 1.82) is 0 Å². The Hall–Kier alpha value is -1.10. The summed E-state index contributed by atoms with van der Waals surface area (Å²) in [5, 5.41) is 10.5. The summed E-state index contributed by atoms with van der Waals surface area (Å²) in [6, 6.07) is 11.0. The Bertz CT molecular complexity index is 682. The van der Waals surface area contributed by atoms with Gasteiger partial charge in [0.25, 0.3) is 0 Å². The number of benzene rings is 2. The van der Waals surface area contributed by atoms with E-state index < -0.39 is 16.4 Å². The van der Waals surface area contributed by atoms with Crippen molar-refractivity contribution < 1.29 is 13.9 Å². The molecule has 0 amide bonds. The van der Waals surface area contributed by atoms with Crippen LogP contribution < -0.4 is 0 Å². The lowest BCUT2D eigenvalue weighted by Crippen LogP contribution is -2.31. The lowest BCUT2D eigenvalue weighted by atomic mass is 9.81. The molecule has 2 aromatic carbocycles. The first kappa shape index (κ1) is 16.7. The summed E-state index contributed by atoms with van der Waals surface area (Å²) in [7, 11) is 0. The molecule has 2 aromatic rings. The van der Waals surface area contributed by atoms with Gasteiger partial charge in [-0.3, -0.25) is 0 Å². The largest absolute Gasteiger partial charge is 0.393 e. The van der Waals surface area contributed by atoms with E-state index in [-0.39, 0.29) is 6.10 Å². The van der Waals surface area contributed by atoms with Crippen LogP contribution in [0.5, 0.6) is 0 Å². The average molecular weight is 355 g/mol. The molecule has 0 aromatic heterocycles. The van der Waals surface area contributed by atoms with E-state index in [1.807, 2.05) is 12.1 Å². The summed E-state index contributed by atoms with van der Waals surface area (Å²) in [6.07, 6.45) is 1.99. The number of hydrogen-bond acceptors (Lipinski definition) is 2. The Morgan fingerprint density at radius 2 is 1.70 bits per heavy atom. The molecule has 0 radical (unpaired) electrons. The third kappa shape index (κ3) is 3.70. The highest BCUT2D eigenvalue weighted by molar-refractivity contribution is 8.00. The van der Waals surface area contributed by atoms with Gasteiger partial charge in [0.2, 0.25) is 0 Å². The Balaban J connectivity index is 2.00. The zero-order valence-electron chi connectivity index (χ0n) is 12.4. The summed E-state index contributed by atoms with van der Waals surface area (Å²) in [5.41, 5.74) is 0.379. The van der Waals surface area contributed by atoms with Crippen LogP contribution in [0.1, 0.15) is 31.2 Å². The van der Waals surface area contributed by atoms with Crippen LogP contribution >= 0.6 is 23.4 Å². The van der Waals surface area contributed by atoms with Crippen LogP contribution in [0.25, 0.3) is 0 Å². The normalized spacial score (nSPS) is 24.6. The zero-order chi connectivity index (χ0) is 16.4. The number of rotatable bonds is 3. The molecule has 1 nitrogen and oxygen atoms in total. The van der Waals surface area contributed by atoms with Gasteiger partial charge >= 0.3 is 0 Å². The third-order valence-electron chi connectivity index (χ3n) is 4.31. The average Bonchev–Trinajstić information content (AvgIpc) is 2.54. The molecule has 0 bridgehead atoms. The van der Waals surface area contributed by atoms with Crippen LogP contribution in [0.15, 0.2) is 47.4 Å². The van der Waals surface area contributed by atoms with Crippen LogP contribution in [0, 0.1) is 11.6 Å². The molecular formula is C18H17ClF2OS. The molecule has 0 saturated heterocycles. The van der Waals surface area contributed by atoms with Crippen molar-refractivity contribution in [3.05, 3.63) is 64.7 Å². The van der Waals surface area contributed by atoms with E-state index in [9.17, 15) is 13.9 Å². The van der Waals surface area contributed by atoms with Crippen LogP contribution in [0.2, 0.25) is 5.02 Å². The van der Waals surface area contributed by atoms with Crippen molar-refractivity contribution in [2.24, 2.45) is 0 Å². The van der Waals surface area contributed by atoms with E-state index in [1.54, 1.807) is 12.1 Å². The van der Waals surface area contributed by atoms with Gasteiger partial charge in [0.05, 0.1) is 6.10 Å². The molecule has 3 rings (SSSR count). The summed E-state index contributed by atoms with van der Waals surface area (Å²) in [4.78, 5) is 0.953. The molecule has 0 aliphatic heterocycles. The van der Waals surface area contributed by atoms with Gasteiger partial charge in [0, 0.05) is 20.2 Å². The first-order valence-electron chi connectivity index (χ1n) is 7.57. The highest BCUT2D eigenvalue weighted by atomic mass is 35.5. The summed E-state index contributed by atoms with van der Waals surface area (Å²) in [6.45, 7) is 0. The van der Waals surface area contributed by atoms with Gasteiger partial charge in [0.1, 0.15) is 11.6 Å². The highest BCUT2D eigenvalue weighted by Gasteiger charge is 2.39. The molecule has 0 spiro atoms. The van der Waals surface area contributed by atoms with Crippen molar-refractivity contribution in [3.8, 4) is 0 Å². The van der Waals surface area contributed by atoms with E-state index >= 15 is 0 Å². The first-order chi connectivity index (χ1) is 11.0. The smallest absolute Gasteiger partial charge is 0.128 e. The second kappa shape index (κ2) is 6.80. The predicted octanol–water partition coefficient (Wildman–Crippen LogP) is 5.54. The van der Waals surface area contributed by atoms with Gasteiger partial charge < -0.3 is 5.11 Å². The number of aliphatic hydroxyl groups excluding tert-OH is 1. The molecule has 5 heteroatoms. The molecule has 0 atom stereocenters. The number of aliphatic hydroxyl groups is 1. The van der Waals surface area contributed by atoms with Gasteiger partial charge in [-0.1, -0.05) is 11.6 Å². The molecular weight excluding hydrogens is 338 g/mol. The molecule has 0 heterocycles. The number of thioether (sulfide) groups is 1. The molecule has 1 fully saturated rings. The molecule has 1 aliphatic carbocycles. The van der Waals surface area contributed by atoms with E-state index in [4.69, 9.17) is 11.6 Å². The fourth-order valence-corrected chi connectivity index (χ4v) is 4.63. The minimum absolute atomic E-state index is 0.370. The molecule has 122 valence electrons. The van der Waals surface area contributed by atoms with Crippen molar-refractivity contribution in [1.82, 2.24) is 0 Å². The predicted molar refractivity (Wildman–Crippen MR) is 89.8 cm³/mol. The Labute approximate surface area is 143 Å². The van der Waals surface area contributed by atoms with E-state index in [1.165, 1.54) is 23.9 Å². The maximum absolute atomic E-state index is 14.4. The van der Waals surface area contributed by atoms with Gasteiger partial charge in [0.15, 0.2) is 0 Å². The zero-order valence-corrected chi connectivity index (χ0v) is 14.0. The molecule has 1 aliphatic rings. The van der Waals surface area contributed by atoms with Crippen LogP contribution in [-0.2, 0) is 4.75 Å². The Morgan fingerprint density at radius 3 is 2.35 bits per heavy atom. The van der Waals surface area contributed by atoms with Crippen LogP contribution in [0.3, 0.4) is 0 Å². The number of halogens is 3. The second-order valence-electron chi connectivity index (χ2n) is 5.91. The Kier molecular flexibility index (Phi) is 4.95. The fraction of sp³-hybridized carbons (Fsp3) is 0.333. The lowest BCUT2D eigenvalue weighted by molar-refractivity contribution is 0.116. The third-order valence-corrected chi connectivity index (χ3v) is 6.09. The minimum atomic E-state index is -0.570. The molecule has 0 unspecified atom stereocenters. The first-order valence-corrected chi connectivity index (χ1v) is 8.76. The summed E-state index contributed by atoms with van der Waals surface area (Å²) in [5.74, 6) is -0.840. The quantitative estimate of drug-likeness (QED) is 0.780. The SMILES string of the molecule is O[C@H]1CC[C@](Sc2ccc(Cl)cc2)(c2cc(F)ccc2F)CC1. The molecule has 1 N–H and O–H groups in total. The lowest BCUT2D eigenvalue weighted by Gasteiger charge is -2.39. The van der Waals surface area contributed by atoms with E-state index in [0.717, 1.165) is 11.0 Å². The standard InChI is InChI=1S/C18H17ClF2OS/c19-12-1-4-15(5-2-12)23-18(9-7-14(22)8-10-18)16-11-13(20)3-6-17(16)21/h1-6,11,14,22H,7-10H2/t14-,18+. The Morgan fingerprint density at radius 1 is 1.04 bits per heavy atom. The number of hydrogen-bond donors (Lipinski definition) is 1. The van der Waals surface area contributed by atoms with Gasteiger partial charge in [-0.05, 0) is 68.1 Å².